The van der Waals surface area contributed by atoms with Gasteiger partial charge in [0.05, 0.1) is 5.56 Å². The van der Waals surface area contributed by atoms with Crippen LogP contribution in [0.1, 0.15) is 10.4 Å². The maximum absolute atomic E-state index is 10.2. The van der Waals surface area contributed by atoms with E-state index < -0.39 is 5.97 Å². The van der Waals surface area contributed by atoms with Gasteiger partial charge in [-0.15, -0.1) is 0 Å². The summed E-state index contributed by atoms with van der Waals surface area (Å²) >= 11 is 0. The molecule has 0 spiro atoms. The maximum atomic E-state index is 10.2. The predicted octanol–water partition coefficient (Wildman–Crippen LogP) is 1.38. The number of rotatable bonds is 1. The average Bonchev–Trinajstić information content (AvgIpc) is 1.90. The van der Waals surface area contributed by atoms with E-state index in [0.29, 0.717) is 5.56 Å². The van der Waals surface area contributed by atoms with Gasteiger partial charge in [-0.25, -0.2) is 4.79 Å². The van der Waals surface area contributed by atoms with Crippen molar-refractivity contribution in [3.05, 3.63) is 35.9 Å². The Bertz CT molecular complexity index is 213. The molecular weight excluding hydrogens is 245 g/mol. The summed E-state index contributed by atoms with van der Waals surface area (Å²) in [7, 11) is 0. The smallest absolute Gasteiger partial charge is 0.335 e. The van der Waals surface area contributed by atoms with Gasteiger partial charge in [0, 0.05) is 36.5 Å². The number of benzene rings is 1. The molecule has 0 aliphatic carbocycles. The molecule has 1 aromatic rings. The molecule has 0 fully saturated rings. The van der Waals surface area contributed by atoms with Crippen molar-refractivity contribution in [2.24, 2.45) is 0 Å². The molecule has 0 atom stereocenters. The second-order valence-corrected chi connectivity index (χ2v) is 1.67. The summed E-state index contributed by atoms with van der Waals surface area (Å²) in [5, 5.41) is 8.38. The third-order valence-electron chi connectivity index (χ3n) is 1.02. The molecule has 0 unspecified atom stereocenters. The minimum atomic E-state index is -0.879. The van der Waals surface area contributed by atoms with Gasteiger partial charge in [-0.2, -0.15) is 0 Å². The summed E-state index contributed by atoms with van der Waals surface area (Å²) < 4.78 is 0. The molecular formula is C7H6CuO2Zn. The largest absolute Gasteiger partial charge is 0.478 e. The van der Waals surface area contributed by atoms with E-state index in [2.05, 4.69) is 0 Å². The second-order valence-electron chi connectivity index (χ2n) is 1.67. The first-order valence-electron chi connectivity index (χ1n) is 2.59. The van der Waals surface area contributed by atoms with Crippen LogP contribution in [-0.2, 0) is 36.5 Å². The normalized spacial score (nSPS) is 7.27. The van der Waals surface area contributed by atoms with E-state index in [1.54, 1.807) is 30.3 Å². The van der Waals surface area contributed by atoms with E-state index in [4.69, 9.17) is 5.11 Å². The van der Waals surface area contributed by atoms with Gasteiger partial charge in [0.15, 0.2) is 0 Å². The Balaban J connectivity index is 0. The van der Waals surface area contributed by atoms with Gasteiger partial charge in [-0.3, -0.25) is 0 Å². The van der Waals surface area contributed by atoms with Crippen LogP contribution < -0.4 is 0 Å². The van der Waals surface area contributed by atoms with Crippen molar-refractivity contribution in [2.75, 3.05) is 0 Å². The van der Waals surface area contributed by atoms with Crippen LogP contribution in [0, 0.1) is 0 Å². The molecule has 0 heterocycles. The first-order valence-corrected chi connectivity index (χ1v) is 2.59. The summed E-state index contributed by atoms with van der Waals surface area (Å²) in [4.78, 5) is 10.2. The van der Waals surface area contributed by atoms with Crippen molar-refractivity contribution < 1.29 is 46.4 Å². The molecule has 1 radical (unpaired) electrons. The van der Waals surface area contributed by atoms with Crippen molar-refractivity contribution in [3.8, 4) is 0 Å². The van der Waals surface area contributed by atoms with Gasteiger partial charge in [0.2, 0.25) is 0 Å². The SMILES string of the molecule is O=C(O)c1ccccc1.[Cu].[Zn]. The minimum Gasteiger partial charge on any atom is -0.478 e. The molecule has 0 aliphatic rings. The van der Waals surface area contributed by atoms with Crippen LogP contribution in [0.3, 0.4) is 0 Å². The molecule has 0 saturated carbocycles. The van der Waals surface area contributed by atoms with Crippen LogP contribution >= 0.6 is 0 Å². The van der Waals surface area contributed by atoms with Crippen molar-refractivity contribution >= 4 is 5.97 Å². The number of carboxylic acid groups (broad SMARTS) is 1. The van der Waals surface area contributed by atoms with Crippen LogP contribution in [0.4, 0.5) is 0 Å². The van der Waals surface area contributed by atoms with Crippen LogP contribution in [-0.4, -0.2) is 11.1 Å². The maximum Gasteiger partial charge on any atom is 0.335 e. The van der Waals surface area contributed by atoms with Crippen molar-refractivity contribution in [1.82, 2.24) is 0 Å². The van der Waals surface area contributed by atoms with Crippen molar-refractivity contribution in [1.29, 1.82) is 0 Å². The number of carbonyl (C=O) groups is 1. The molecule has 1 aromatic carbocycles. The van der Waals surface area contributed by atoms with Crippen LogP contribution in [0.25, 0.3) is 0 Å². The van der Waals surface area contributed by atoms with Gasteiger partial charge in [-0.1, -0.05) is 18.2 Å². The molecule has 1 N–H and O–H groups in total. The Morgan fingerprint density at radius 1 is 1.18 bits per heavy atom. The van der Waals surface area contributed by atoms with Gasteiger partial charge >= 0.3 is 5.97 Å². The molecule has 0 aromatic heterocycles. The zero-order chi connectivity index (χ0) is 6.69. The zero-order valence-corrected chi connectivity index (χ0v) is 9.66. The summed E-state index contributed by atoms with van der Waals surface area (Å²) in [6.07, 6.45) is 0. The number of aromatic carboxylic acids is 1. The first kappa shape index (κ1) is 13.4. The Labute approximate surface area is 88.2 Å². The summed E-state index contributed by atoms with van der Waals surface area (Å²) in [6.45, 7) is 0. The fourth-order valence-electron chi connectivity index (χ4n) is 0.581. The third kappa shape index (κ3) is 4.31. The van der Waals surface area contributed by atoms with Crippen LogP contribution in [0.15, 0.2) is 30.3 Å². The second kappa shape index (κ2) is 6.54. The Hall–Kier alpha value is -0.167. The van der Waals surface area contributed by atoms with Gasteiger partial charge in [-0.05, 0) is 12.1 Å². The Morgan fingerprint density at radius 2 is 1.64 bits per heavy atom. The summed E-state index contributed by atoms with van der Waals surface area (Å²) in [5.74, 6) is -0.879. The molecule has 0 saturated heterocycles. The fourth-order valence-corrected chi connectivity index (χ4v) is 0.581. The molecule has 11 heavy (non-hydrogen) atoms. The minimum absolute atomic E-state index is 0. The van der Waals surface area contributed by atoms with E-state index in [1.807, 2.05) is 0 Å². The predicted molar refractivity (Wildman–Crippen MR) is 33.4 cm³/mol. The summed E-state index contributed by atoms with van der Waals surface area (Å²) in [5.41, 5.74) is 0.331. The summed E-state index contributed by atoms with van der Waals surface area (Å²) in [6, 6.07) is 8.30. The van der Waals surface area contributed by atoms with E-state index in [9.17, 15) is 4.79 Å². The van der Waals surface area contributed by atoms with Gasteiger partial charge < -0.3 is 5.11 Å². The quantitative estimate of drug-likeness (QED) is 0.765. The molecule has 0 amide bonds. The van der Waals surface area contributed by atoms with Crippen molar-refractivity contribution in [2.45, 2.75) is 0 Å². The molecule has 4 heteroatoms. The Kier molecular flexibility index (Phi) is 7.98. The molecule has 2 nitrogen and oxygen atoms in total. The Morgan fingerprint density at radius 3 is 1.91 bits per heavy atom. The molecule has 59 valence electrons. The topological polar surface area (TPSA) is 37.3 Å². The number of carboxylic acids is 1. The zero-order valence-electron chi connectivity index (χ0n) is 5.75. The number of hydrogen-bond donors (Lipinski definition) is 1. The number of hydrogen-bond acceptors (Lipinski definition) is 1. The monoisotopic (exact) mass is 249 g/mol. The van der Waals surface area contributed by atoms with Crippen LogP contribution in [0.2, 0.25) is 0 Å². The standard InChI is InChI=1S/C7H6O2.Cu.Zn/c8-7(9)6-4-2-1-3-5-6;;/h1-5H,(H,8,9);;. The van der Waals surface area contributed by atoms with Crippen molar-refractivity contribution in [3.63, 3.8) is 0 Å². The van der Waals surface area contributed by atoms with Gasteiger partial charge in [0.1, 0.15) is 0 Å². The molecule has 1 rings (SSSR count). The van der Waals surface area contributed by atoms with E-state index >= 15 is 0 Å². The van der Waals surface area contributed by atoms with E-state index in [-0.39, 0.29) is 36.5 Å². The fraction of sp³-hybridized carbons (Fsp3) is 0. The average molecular weight is 251 g/mol. The third-order valence-corrected chi connectivity index (χ3v) is 1.02. The van der Waals surface area contributed by atoms with Crippen LogP contribution in [0.5, 0.6) is 0 Å². The first-order chi connectivity index (χ1) is 4.30. The van der Waals surface area contributed by atoms with E-state index in [1.165, 1.54) is 0 Å². The van der Waals surface area contributed by atoms with Gasteiger partial charge in [0.25, 0.3) is 0 Å². The van der Waals surface area contributed by atoms with E-state index in [0.717, 1.165) is 0 Å². The molecule has 0 aliphatic heterocycles. The molecule has 0 bridgehead atoms.